The summed E-state index contributed by atoms with van der Waals surface area (Å²) < 4.78 is 13.9. The van der Waals surface area contributed by atoms with E-state index in [2.05, 4.69) is 62.0 Å². The summed E-state index contributed by atoms with van der Waals surface area (Å²) >= 11 is 0. The Bertz CT molecular complexity index is 1630. The number of pyridine rings is 1. The molecule has 0 aliphatic rings. The zero-order valence-electron chi connectivity index (χ0n) is 20.6. The highest BCUT2D eigenvalue weighted by atomic mass is 19.1. The average molecular weight is 478 g/mol. The number of nitrogens with zero attached hydrogens (tertiary/aromatic N) is 3. The minimum Gasteiger partial charge on any atom is -0.353 e. The van der Waals surface area contributed by atoms with Crippen LogP contribution < -0.4 is 0 Å². The fraction of sp³-hybridized carbons (Fsp3) is 0.133. The van der Waals surface area contributed by atoms with Crippen molar-refractivity contribution in [3.8, 4) is 22.6 Å². The van der Waals surface area contributed by atoms with E-state index in [0.717, 1.165) is 67.7 Å². The summed E-state index contributed by atoms with van der Waals surface area (Å²) in [6, 6.07) is 16.8. The number of aromatic nitrogens is 4. The Morgan fingerprint density at radius 1 is 1.03 bits per heavy atom. The zero-order valence-corrected chi connectivity index (χ0v) is 20.6. The molecule has 0 unspecified atom stereocenters. The van der Waals surface area contributed by atoms with Crippen molar-refractivity contribution in [2.45, 2.75) is 6.92 Å². The third-order valence-electron chi connectivity index (χ3n) is 6.21. The first-order valence-corrected chi connectivity index (χ1v) is 11.8. The van der Waals surface area contributed by atoms with Crippen molar-refractivity contribution in [2.75, 3.05) is 20.6 Å². The van der Waals surface area contributed by atoms with E-state index in [-0.39, 0.29) is 5.82 Å². The summed E-state index contributed by atoms with van der Waals surface area (Å²) in [5, 5.41) is 9.71. The van der Waals surface area contributed by atoms with Crippen LogP contribution in [0.5, 0.6) is 0 Å². The first-order valence-electron chi connectivity index (χ1n) is 11.8. The van der Waals surface area contributed by atoms with Crippen LogP contribution in [0.4, 0.5) is 4.39 Å². The Labute approximate surface area is 209 Å². The molecule has 36 heavy (non-hydrogen) atoms. The highest BCUT2D eigenvalue weighted by molar-refractivity contribution is 6.00. The van der Waals surface area contributed by atoms with Crippen molar-refractivity contribution >= 4 is 27.4 Å². The van der Waals surface area contributed by atoms with Gasteiger partial charge in [0.15, 0.2) is 0 Å². The molecule has 0 aliphatic carbocycles. The minimum absolute atomic E-state index is 0.285. The first-order chi connectivity index (χ1) is 17.5. The Balaban J connectivity index is 1.59. The summed E-state index contributed by atoms with van der Waals surface area (Å²) in [4.78, 5) is 10.1. The number of benzene rings is 2. The molecular weight excluding hydrogens is 449 g/mol. The summed E-state index contributed by atoms with van der Waals surface area (Å²) in [5.74, 6) is -0.285. The number of halogens is 1. The second kappa shape index (κ2) is 9.76. The number of hydrogen-bond donors (Lipinski definition) is 2. The van der Waals surface area contributed by atoms with E-state index in [1.54, 1.807) is 12.3 Å². The lowest BCUT2D eigenvalue weighted by Crippen LogP contribution is -2.14. The van der Waals surface area contributed by atoms with E-state index < -0.39 is 0 Å². The van der Waals surface area contributed by atoms with Crippen LogP contribution in [0.15, 0.2) is 91.2 Å². The monoisotopic (exact) mass is 477 g/mol. The second-order valence-electron chi connectivity index (χ2n) is 9.05. The molecule has 5 rings (SSSR count). The van der Waals surface area contributed by atoms with E-state index >= 15 is 0 Å². The van der Waals surface area contributed by atoms with E-state index in [1.807, 2.05) is 45.3 Å². The molecule has 180 valence electrons. The standard InChI is InChI=1S/C30H28FN5/c1-5-19(18-36(3)4)14-20(6-2)21-10-11-27-24(16-21)30(35-34-27)28-17-25-26(33-28)12-13-32-29(25)22-8-7-9-23(31)15-22/h5-17,33H,1,18H2,2-4H3,(H,34,35)/b19-14+,20-6+. The molecule has 0 spiro atoms. The molecule has 2 aromatic carbocycles. The van der Waals surface area contributed by atoms with Crippen LogP contribution in [0.25, 0.3) is 50.0 Å². The van der Waals surface area contributed by atoms with Crippen LogP contribution in [0.1, 0.15) is 12.5 Å². The number of aromatic amines is 2. The summed E-state index contributed by atoms with van der Waals surface area (Å²) in [7, 11) is 4.10. The molecular formula is C30H28FN5. The third-order valence-corrected chi connectivity index (χ3v) is 6.21. The Morgan fingerprint density at radius 2 is 1.86 bits per heavy atom. The quantitative estimate of drug-likeness (QED) is 0.248. The third kappa shape index (κ3) is 4.51. The maximum absolute atomic E-state index is 13.9. The maximum Gasteiger partial charge on any atom is 0.123 e. The molecule has 0 atom stereocenters. The Kier molecular flexibility index (Phi) is 6.36. The minimum atomic E-state index is -0.285. The number of likely N-dealkylation sites (N-methyl/N-ethyl adjacent to an activating group) is 1. The normalized spacial score (nSPS) is 12.7. The lowest BCUT2D eigenvalue weighted by molar-refractivity contribution is 0.449. The second-order valence-corrected chi connectivity index (χ2v) is 9.05. The number of allylic oxidation sites excluding steroid dienone is 3. The SMILES string of the molecule is C=C/C(=C\C(=C/C)c1ccc2[nH]nc(-c3cc4c(-c5cccc(F)c5)nccc4[nH]3)c2c1)CN(C)C. The lowest BCUT2D eigenvalue weighted by atomic mass is 10.00. The topological polar surface area (TPSA) is 60.6 Å². The molecule has 5 aromatic rings. The van der Waals surface area contributed by atoms with E-state index in [4.69, 9.17) is 0 Å². The molecule has 0 fully saturated rings. The highest BCUT2D eigenvalue weighted by Crippen LogP contribution is 2.34. The van der Waals surface area contributed by atoms with Crippen LogP contribution in [-0.2, 0) is 0 Å². The van der Waals surface area contributed by atoms with Gasteiger partial charge in [-0.25, -0.2) is 4.39 Å². The first kappa shape index (κ1) is 23.5. The smallest absolute Gasteiger partial charge is 0.123 e. The predicted octanol–water partition coefficient (Wildman–Crippen LogP) is 6.99. The van der Waals surface area contributed by atoms with Gasteiger partial charge in [-0.2, -0.15) is 5.10 Å². The predicted molar refractivity (Wildman–Crippen MR) is 147 cm³/mol. The largest absolute Gasteiger partial charge is 0.353 e. The Hall–Kier alpha value is -4.29. The molecule has 5 nitrogen and oxygen atoms in total. The van der Waals surface area contributed by atoms with Gasteiger partial charge in [0.2, 0.25) is 0 Å². The molecule has 6 heteroatoms. The molecule has 0 radical (unpaired) electrons. The average Bonchev–Trinajstić information content (AvgIpc) is 3.49. The molecule has 2 N–H and O–H groups in total. The Morgan fingerprint density at radius 3 is 2.61 bits per heavy atom. The molecule has 0 saturated carbocycles. The van der Waals surface area contributed by atoms with Gasteiger partial charge in [0.05, 0.1) is 16.9 Å². The number of hydrogen-bond acceptors (Lipinski definition) is 3. The molecule has 0 saturated heterocycles. The number of rotatable bonds is 7. The number of H-pyrrole nitrogens is 2. The van der Waals surface area contributed by atoms with Gasteiger partial charge in [0.25, 0.3) is 0 Å². The van der Waals surface area contributed by atoms with E-state index in [0.29, 0.717) is 0 Å². The van der Waals surface area contributed by atoms with Crippen molar-refractivity contribution in [3.63, 3.8) is 0 Å². The van der Waals surface area contributed by atoms with Gasteiger partial charge in [-0.05, 0) is 74.1 Å². The highest BCUT2D eigenvalue weighted by Gasteiger charge is 2.15. The van der Waals surface area contributed by atoms with Crippen LogP contribution >= 0.6 is 0 Å². The van der Waals surface area contributed by atoms with Crippen molar-refractivity contribution in [3.05, 3.63) is 103 Å². The molecule has 0 amide bonds. The van der Waals surface area contributed by atoms with Gasteiger partial charge >= 0.3 is 0 Å². The van der Waals surface area contributed by atoms with Gasteiger partial charge in [0, 0.05) is 34.6 Å². The van der Waals surface area contributed by atoms with Gasteiger partial charge in [-0.15, -0.1) is 0 Å². The van der Waals surface area contributed by atoms with Crippen molar-refractivity contribution in [1.29, 1.82) is 0 Å². The van der Waals surface area contributed by atoms with Gasteiger partial charge < -0.3 is 9.88 Å². The summed E-state index contributed by atoms with van der Waals surface area (Å²) in [6.07, 6.45) is 7.92. The van der Waals surface area contributed by atoms with E-state index in [1.165, 1.54) is 12.1 Å². The van der Waals surface area contributed by atoms with Crippen molar-refractivity contribution < 1.29 is 4.39 Å². The fourth-order valence-electron chi connectivity index (χ4n) is 4.51. The van der Waals surface area contributed by atoms with E-state index in [9.17, 15) is 4.39 Å². The molecule has 3 aromatic heterocycles. The number of fused-ring (bicyclic) bond motifs is 2. The van der Waals surface area contributed by atoms with Crippen LogP contribution in [0, 0.1) is 5.82 Å². The fourth-order valence-corrected chi connectivity index (χ4v) is 4.51. The summed E-state index contributed by atoms with van der Waals surface area (Å²) in [5.41, 5.74) is 8.40. The van der Waals surface area contributed by atoms with Crippen LogP contribution in [0.3, 0.4) is 0 Å². The molecule has 0 aliphatic heterocycles. The van der Waals surface area contributed by atoms with Crippen LogP contribution in [-0.4, -0.2) is 45.7 Å². The summed E-state index contributed by atoms with van der Waals surface area (Å²) in [6.45, 7) is 6.84. The zero-order chi connectivity index (χ0) is 25.2. The van der Waals surface area contributed by atoms with Gasteiger partial charge in [-0.1, -0.05) is 43.0 Å². The van der Waals surface area contributed by atoms with Gasteiger partial charge in [0.1, 0.15) is 11.5 Å². The maximum atomic E-state index is 13.9. The molecule has 3 heterocycles. The van der Waals surface area contributed by atoms with Crippen molar-refractivity contribution in [1.82, 2.24) is 25.1 Å². The van der Waals surface area contributed by atoms with Crippen molar-refractivity contribution in [2.24, 2.45) is 0 Å². The molecule has 0 bridgehead atoms. The van der Waals surface area contributed by atoms with Crippen LogP contribution in [0.2, 0.25) is 0 Å². The number of nitrogens with one attached hydrogen (secondary N) is 2. The lowest BCUT2D eigenvalue weighted by Gasteiger charge is -2.11. The van der Waals surface area contributed by atoms with Gasteiger partial charge in [-0.3, -0.25) is 10.1 Å².